The van der Waals surface area contributed by atoms with Crippen molar-refractivity contribution in [2.45, 2.75) is 65.5 Å². The summed E-state index contributed by atoms with van der Waals surface area (Å²) in [6.07, 6.45) is 4.98. The molecule has 0 bridgehead atoms. The number of rotatable bonds is 4. The second kappa shape index (κ2) is 8.13. The molecule has 1 saturated heterocycles. The zero-order valence-corrected chi connectivity index (χ0v) is 16.5. The van der Waals surface area contributed by atoms with E-state index in [0.717, 1.165) is 49.6 Å². The maximum Gasteiger partial charge on any atom is 0.320 e. The van der Waals surface area contributed by atoms with Gasteiger partial charge in [0.05, 0.1) is 17.9 Å². The van der Waals surface area contributed by atoms with Crippen molar-refractivity contribution < 1.29 is 9.53 Å². The van der Waals surface area contributed by atoms with E-state index >= 15 is 0 Å². The summed E-state index contributed by atoms with van der Waals surface area (Å²) in [6.45, 7) is 12.0. The Morgan fingerprint density at radius 1 is 1.32 bits per heavy atom. The van der Waals surface area contributed by atoms with E-state index in [4.69, 9.17) is 4.74 Å². The van der Waals surface area contributed by atoms with Crippen molar-refractivity contribution in [1.82, 2.24) is 14.9 Å². The molecule has 0 N–H and O–H groups in total. The fourth-order valence-electron chi connectivity index (χ4n) is 3.26. The van der Waals surface area contributed by atoms with Crippen LogP contribution in [-0.4, -0.2) is 59.2 Å². The first-order chi connectivity index (χ1) is 11.7. The molecule has 0 spiro atoms. The van der Waals surface area contributed by atoms with Crippen LogP contribution in [0.2, 0.25) is 0 Å². The van der Waals surface area contributed by atoms with Crippen molar-refractivity contribution in [2.75, 3.05) is 31.6 Å². The first-order valence-electron chi connectivity index (χ1n) is 9.13. The zero-order valence-electron chi connectivity index (χ0n) is 16.5. The lowest BCUT2D eigenvalue weighted by Gasteiger charge is -2.28. The van der Waals surface area contributed by atoms with Gasteiger partial charge in [-0.15, -0.1) is 0 Å². The van der Waals surface area contributed by atoms with Crippen LogP contribution in [0, 0.1) is 13.8 Å². The molecule has 0 amide bonds. The molecule has 1 aromatic heterocycles. The van der Waals surface area contributed by atoms with Crippen molar-refractivity contribution in [2.24, 2.45) is 0 Å². The Labute approximate surface area is 151 Å². The van der Waals surface area contributed by atoms with Crippen LogP contribution < -0.4 is 4.90 Å². The van der Waals surface area contributed by atoms with Crippen molar-refractivity contribution in [3.05, 3.63) is 17.6 Å². The predicted octanol–water partition coefficient (Wildman–Crippen LogP) is 2.73. The fraction of sp³-hybridized carbons (Fsp3) is 0.737. The third kappa shape index (κ3) is 5.96. The molecule has 140 valence electrons. The average Bonchev–Trinajstić information content (AvgIpc) is 2.73. The highest BCUT2D eigenvalue weighted by Gasteiger charge is 2.25. The lowest BCUT2D eigenvalue weighted by Crippen LogP contribution is -2.39. The molecule has 0 aliphatic carbocycles. The minimum Gasteiger partial charge on any atom is -0.459 e. The quantitative estimate of drug-likeness (QED) is 0.780. The van der Waals surface area contributed by atoms with Crippen LogP contribution in [-0.2, 0) is 9.53 Å². The Hall–Kier alpha value is -1.69. The molecule has 0 radical (unpaired) electrons. The highest BCUT2D eigenvalue weighted by atomic mass is 16.6. The Morgan fingerprint density at radius 3 is 2.72 bits per heavy atom. The number of aryl methyl sites for hydroxylation is 2. The van der Waals surface area contributed by atoms with Crippen LogP contribution in [0.5, 0.6) is 0 Å². The number of aromatic nitrogens is 2. The van der Waals surface area contributed by atoms with Gasteiger partial charge < -0.3 is 9.64 Å². The summed E-state index contributed by atoms with van der Waals surface area (Å²) in [5, 5.41) is 0. The van der Waals surface area contributed by atoms with Gasteiger partial charge in [-0.05, 0) is 60.9 Å². The number of carbonyl (C=O) groups is 1. The Balaban J connectivity index is 1.94. The summed E-state index contributed by atoms with van der Waals surface area (Å²) in [5.41, 5.74) is 1.49. The van der Waals surface area contributed by atoms with E-state index in [9.17, 15) is 4.79 Å². The van der Waals surface area contributed by atoms with Gasteiger partial charge in [-0.2, -0.15) is 0 Å². The van der Waals surface area contributed by atoms with E-state index < -0.39 is 5.60 Å². The lowest BCUT2D eigenvalue weighted by molar-refractivity contribution is -0.156. The predicted molar refractivity (Wildman–Crippen MR) is 99.8 cm³/mol. The molecule has 0 unspecified atom stereocenters. The van der Waals surface area contributed by atoms with Crippen LogP contribution in [0.3, 0.4) is 0 Å². The molecule has 6 heteroatoms. The van der Waals surface area contributed by atoms with Crippen molar-refractivity contribution in [3.63, 3.8) is 0 Å². The summed E-state index contributed by atoms with van der Waals surface area (Å²) in [4.78, 5) is 25.6. The smallest absolute Gasteiger partial charge is 0.320 e. The Morgan fingerprint density at radius 2 is 2.04 bits per heavy atom. The molecule has 1 aliphatic rings. The first-order valence-corrected chi connectivity index (χ1v) is 9.13. The number of nitrogens with zero attached hydrogens (tertiary/aromatic N) is 4. The number of esters is 1. The summed E-state index contributed by atoms with van der Waals surface area (Å²) in [5.74, 6) is 0.840. The van der Waals surface area contributed by atoms with E-state index in [1.165, 1.54) is 0 Å². The largest absolute Gasteiger partial charge is 0.459 e. The van der Waals surface area contributed by atoms with Gasteiger partial charge >= 0.3 is 5.97 Å². The van der Waals surface area contributed by atoms with E-state index in [-0.39, 0.29) is 5.97 Å². The van der Waals surface area contributed by atoms with E-state index in [0.29, 0.717) is 12.6 Å². The minimum atomic E-state index is -0.431. The highest BCUT2D eigenvalue weighted by Crippen LogP contribution is 2.22. The number of hydrogen-bond donors (Lipinski definition) is 0. The molecule has 1 fully saturated rings. The third-order valence-corrected chi connectivity index (χ3v) is 4.47. The van der Waals surface area contributed by atoms with Crippen LogP contribution >= 0.6 is 0 Å². The van der Waals surface area contributed by atoms with E-state index in [1.807, 2.05) is 47.9 Å². The number of ether oxygens (including phenoxy) is 1. The average molecular weight is 348 g/mol. The van der Waals surface area contributed by atoms with E-state index in [1.54, 1.807) is 0 Å². The van der Waals surface area contributed by atoms with Gasteiger partial charge in [0.2, 0.25) is 0 Å². The van der Waals surface area contributed by atoms with Gasteiger partial charge in [0.1, 0.15) is 11.4 Å². The first kappa shape index (κ1) is 19.6. The SMILES string of the molecule is Cc1cnc(C)c(N2CCC[C@H](N(C)CC(=O)OC(C)(C)C)CC2)n1. The Bertz CT molecular complexity index is 598. The molecule has 2 heterocycles. The molecule has 0 aromatic carbocycles. The summed E-state index contributed by atoms with van der Waals surface area (Å²) >= 11 is 0. The van der Waals surface area contributed by atoms with Crippen molar-refractivity contribution in [3.8, 4) is 0 Å². The second-order valence-electron chi connectivity index (χ2n) is 7.99. The van der Waals surface area contributed by atoms with E-state index in [2.05, 4.69) is 19.8 Å². The molecule has 1 aliphatic heterocycles. The monoisotopic (exact) mass is 348 g/mol. The molecule has 25 heavy (non-hydrogen) atoms. The maximum atomic E-state index is 12.1. The standard InChI is InChI=1S/C19H32N4O2/c1-14-12-20-15(2)18(21-14)23-10-7-8-16(9-11-23)22(6)13-17(24)25-19(3,4)5/h12,16H,7-11,13H2,1-6H3/t16-/m0/s1. The normalized spacial score (nSPS) is 19.0. The van der Waals surface area contributed by atoms with Gasteiger partial charge in [0.25, 0.3) is 0 Å². The molecule has 6 nitrogen and oxygen atoms in total. The summed E-state index contributed by atoms with van der Waals surface area (Å²) in [7, 11) is 2.02. The molecule has 0 saturated carbocycles. The molecule has 2 rings (SSSR count). The molecular weight excluding hydrogens is 316 g/mol. The summed E-state index contributed by atoms with van der Waals surface area (Å²) in [6, 6.07) is 0.385. The maximum absolute atomic E-state index is 12.1. The van der Waals surface area contributed by atoms with Gasteiger partial charge in [-0.25, -0.2) is 4.98 Å². The van der Waals surface area contributed by atoms with Gasteiger partial charge in [-0.3, -0.25) is 14.7 Å². The van der Waals surface area contributed by atoms with Gasteiger partial charge in [0.15, 0.2) is 0 Å². The van der Waals surface area contributed by atoms with Gasteiger partial charge in [-0.1, -0.05) is 0 Å². The molecular formula is C19H32N4O2. The van der Waals surface area contributed by atoms with Crippen molar-refractivity contribution in [1.29, 1.82) is 0 Å². The van der Waals surface area contributed by atoms with Gasteiger partial charge in [0, 0.05) is 25.3 Å². The second-order valence-corrected chi connectivity index (χ2v) is 7.99. The zero-order chi connectivity index (χ0) is 18.6. The van der Waals surface area contributed by atoms with Crippen LogP contribution in [0.15, 0.2) is 6.20 Å². The third-order valence-electron chi connectivity index (χ3n) is 4.47. The number of likely N-dealkylation sites (N-methyl/N-ethyl adjacent to an activating group) is 1. The Kier molecular flexibility index (Phi) is 6.38. The summed E-state index contributed by atoms with van der Waals surface area (Å²) < 4.78 is 5.44. The number of carbonyl (C=O) groups excluding carboxylic acids is 1. The molecule has 1 aromatic rings. The van der Waals surface area contributed by atoms with Crippen LogP contribution in [0.25, 0.3) is 0 Å². The van der Waals surface area contributed by atoms with Crippen LogP contribution in [0.1, 0.15) is 51.4 Å². The highest BCUT2D eigenvalue weighted by molar-refractivity contribution is 5.72. The number of anilines is 1. The minimum absolute atomic E-state index is 0.156. The molecule has 1 atom stereocenters. The van der Waals surface area contributed by atoms with Crippen LogP contribution in [0.4, 0.5) is 5.82 Å². The fourth-order valence-corrected chi connectivity index (χ4v) is 3.26. The topological polar surface area (TPSA) is 58.6 Å². The van der Waals surface area contributed by atoms with Crippen molar-refractivity contribution >= 4 is 11.8 Å². The lowest BCUT2D eigenvalue weighted by atomic mass is 10.1. The number of hydrogen-bond acceptors (Lipinski definition) is 6.